The average molecular weight is 1730 g/mol. The maximum Gasteiger partial charge on any atom is 0.272 e. The number of aryl methyl sites for hydroxylation is 4. The number of nitrogens with zero attached hydrogens (tertiary/aromatic N) is 13. The quantitative estimate of drug-likeness (QED) is 0.0359. The molecule has 0 N–H and O–H groups in total. The number of halogens is 6. The highest BCUT2D eigenvalue weighted by atomic mass is 79.9. The molecule has 0 aliphatic carbocycles. The highest BCUT2D eigenvalue weighted by molar-refractivity contribution is 9.11. The number of pyridine rings is 6. The number of ketones is 5. The summed E-state index contributed by atoms with van der Waals surface area (Å²) in [6.07, 6.45) is 24.7. The molecule has 30 heteroatoms. The molecule has 608 valence electrons. The fourth-order valence-electron chi connectivity index (χ4n) is 10.8. The second kappa shape index (κ2) is 43.2. The monoisotopic (exact) mass is 1730 g/mol. The van der Waals surface area contributed by atoms with Crippen LogP contribution in [0.3, 0.4) is 0 Å². The Bertz CT molecular complexity index is 5990. The van der Waals surface area contributed by atoms with E-state index < -0.39 is 23.3 Å². The van der Waals surface area contributed by atoms with Crippen molar-refractivity contribution in [3.05, 3.63) is 386 Å². The molecule has 0 spiro atoms. The fraction of sp³-hybridized carbons (Fsp3) is 0.121. The molecule has 5 aromatic carbocycles. The number of thiazole rings is 1. The lowest BCUT2D eigenvalue weighted by Crippen LogP contribution is -2.10. The SMILES string of the molecule is CC(F)(F)c1ccc(CC(=O)c2cc(F)cc(Oc3cncnc3)c2)nc1.Cc1ccc(CC(=O)c2cc(F)cc(Oc3cncnc3)c2)nc1.Cc1ccc(CC(=O)c2cccc(Oc3cccnc3)c2)nc1.Cc1cccc(CC(=O)c2cccc(Oc3cccnc3)c2)n1.Cc1nc(CC(=O)c2cc(Cl)cc(Oc3cncnc3)c2)sc1Br. The minimum absolute atomic E-state index is 0.0120. The summed E-state index contributed by atoms with van der Waals surface area (Å²) in [7, 11) is 0. The number of Topliss-reactive ketones (excluding diaryl/α,β-unsaturated/α-hetero) is 5. The molecule has 0 amide bonds. The van der Waals surface area contributed by atoms with E-state index in [1.54, 1.807) is 97.8 Å². The fourth-order valence-corrected chi connectivity index (χ4v) is 12.5. The Morgan fingerprint density at radius 3 is 1.15 bits per heavy atom. The Kier molecular flexibility index (Phi) is 31.3. The molecule has 0 bridgehead atoms. The van der Waals surface area contributed by atoms with Gasteiger partial charge >= 0.3 is 0 Å². The van der Waals surface area contributed by atoms with Crippen LogP contribution in [0.4, 0.5) is 17.6 Å². The molecule has 0 radical (unpaired) electrons. The van der Waals surface area contributed by atoms with Crippen molar-refractivity contribution in [3.8, 4) is 57.5 Å². The van der Waals surface area contributed by atoms with Crippen molar-refractivity contribution in [2.24, 2.45) is 0 Å². The molecule has 0 saturated heterocycles. The molecular formula is C91H71BrClF4N13O10S. The van der Waals surface area contributed by atoms with Crippen LogP contribution in [-0.4, -0.2) is 93.7 Å². The van der Waals surface area contributed by atoms with Gasteiger partial charge in [0.15, 0.2) is 46.2 Å². The van der Waals surface area contributed by atoms with Crippen LogP contribution in [0.1, 0.15) is 115 Å². The van der Waals surface area contributed by atoms with Crippen molar-refractivity contribution in [2.45, 2.75) is 72.6 Å². The predicted octanol–water partition coefficient (Wildman–Crippen LogP) is 20.8. The van der Waals surface area contributed by atoms with Gasteiger partial charge in [-0.15, -0.1) is 11.3 Å². The summed E-state index contributed by atoms with van der Waals surface area (Å²) in [5.74, 6) is -0.519. The number of hydrogen-bond acceptors (Lipinski definition) is 24. The van der Waals surface area contributed by atoms with E-state index >= 15 is 0 Å². The van der Waals surface area contributed by atoms with E-state index in [1.807, 2.05) is 100 Å². The molecule has 15 rings (SSSR count). The third-order valence-corrected chi connectivity index (χ3v) is 18.9. The van der Waals surface area contributed by atoms with E-state index in [9.17, 15) is 41.5 Å². The molecule has 10 heterocycles. The normalized spacial score (nSPS) is 10.6. The van der Waals surface area contributed by atoms with Crippen LogP contribution in [0.2, 0.25) is 5.02 Å². The summed E-state index contributed by atoms with van der Waals surface area (Å²) >= 11 is 11.0. The minimum atomic E-state index is -3.01. The number of aromatic nitrogens is 13. The summed E-state index contributed by atoms with van der Waals surface area (Å²) in [5, 5.41) is 1.17. The van der Waals surface area contributed by atoms with Gasteiger partial charge in [-0.2, -0.15) is 0 Å². The molecule has 0 unspecified atom stereocenters. The van der Waals surface area contributed by atoms with Crippen molar-refractivity contribution in [1.82, 2.24) is 64.8 Å². The summed E-state index contributed by atoms with van der Waals surface area (Å²) in [5.41, 5.74) is 8.08. The van der Waals surface area contributed by atoms with E-state index in [0.717, 1.165) is 67.9 Å². The van der Waals surface area contributed by atoms with Gasteiger partial charge < -0.3 is 23.7 Å². The zero-order valence-electron chi connectivity index (χ0n) is 65.2. The lowest BCUT2D eigenvalue weighted by molar-refractivity contribution is 0.0170. The van der Waals surface area contributed by atoms with Gasteiger partial charge in [-0.25, -0.2) is 52.4 Å². The molecule has 15 aromatic rings. The summed E-state index contributed by atoms with van der Waals surface area (Å²) in [6.45, 7) is 8.46. The summed E-state index contributed by atoms with van der Waals surface area (Å²) in [4.78, 5) is 114. The molecular weight excluding hydrogens is 1660 g/mol. The molecule has 0 aliphatic heterocycles. The third-order valence-electron chi connectivity index (χ3n) is 16.6. The van der Waals surface area contributed by atoms with E-state index in [0.29, 0.717) is 79.1 Å². The van der Waals surface area contributed by atoms with Crippen LogP contribution in [0, 0.1) is 39.3 Å². The van der Waals surface area contributed by atoms with Gasteiger partial charge in [0.05, 0.1) is 91.2 Å². The number of alkyl halides is 2. The maximum atomic E-state index is 13.9. The number of ether oxygens (including phenoxy) is 5. The Balaban J connectivity index is 0.000000148. The number of hydrogen-bond donors (Lipinski definition) is 0. The molecule has 0 saturated carbocycles. The lowest BCUT2D eigenvalue weighted by atomic mass is 10.0. The van der Waals surface area contributed by atoms with Crippen molar-refractivity contribution >= 4 is 67.8 Å². The van der Waals surface area contributed by atoms with Gasteiger partial charge in [0.25, 0.3) is 5.92 Å². The average Bonchev–Trinajstić information content (AvgIpc) is 1.80. The first kappa shape index (κ1) is 87.5. The van der Waals surface area contributed by atoms with Crippen LogP contribution in [0.5, 0.6) is 57.5 Å². The van der Waals surface area contributed by atoms with Gasteiger partial charge in [0.1, 0.15) is 75.9 Å². The van der Waals surface area contributed by atoms with Crippen molar-refractivity contribution in [2.75, 3.05) is 0 Å². The van der Waals surface area contributed by atoms with Gasteiger partial charge in [-0.3, -0.25) is 53.9 Å². The second-order valence-electron chi connectivity index (χ2n) is 26.5. The van der Waals surface area contributed by atoms with E-state index in [4.69, 9.17) is 35.3 Å². The zero-order valence-corrected chi connectivity index (χ0v) is 68.3. The molecule has 0 atom stereocenters. The van der Waals surface area contributed by atoms with Crippen LogP contribution in [0.25, 0.3) is 0 Å². The highest BCUT2D eigenvalue weighted by Crippen LogP contribution is 2.32. The van der Waals surface area contributed by atoms with Crippen LogP contribution >= 0.6 is 38.9 Å². The van der Waals surface area contributed by atoms with Crippen LogP contribution < -0.4 is 23.7 Å². The van der Waals surface area contributed by atoms with Crippen molar-refractivity contribution < 1.29 is 65.2 Å². The van der Waals surface area contributed by atoms with E-state index in [1.165, 1.54) is 104 Å². The topological polar surface area (TPSA) is 299 Å². The molecule has 0 fully saturated rings. The molecule has 0 aliphatic rings. The Labute approximate surface area is 709 Å². The van der Waals surface area contributed by atoms with Crippen LogP contribution in [0.15, 0.2) is 285 Å². The number of carbonyl (C=O) groups is 5. The van der Waals surface area contributed by atoms with Gasteiger partial charge in [-0.05, 0) is 182 Å². The van der Waals surface area contributed by atoms with E-state index in [-0.39, 0.29) is 83.4 Å². The predicted molar refractivity (Wildman–Crippen MR) is 448 cm³/mol. The number of rotatable bonds is 26. The summed E-state index contributed by atoms with van der Waals surface area (Å²) < 4.78 is 83.0. The zero-order chi connectivity index (χ0) is 85.6. The maximum absolute atomic E-state index is 13.9. The number of benzene rings is 5. The second-order valence-corrected chi connectivity index (χ2v) is 29.3. The summed E-state index contributed by atoms with van der Waals surface area (Å²) in [6, 6.07) is 49.6. The first-order chi connectivity index (χ1) is 58.3. The highest BCUT2D eigenvalue weighted by Gasteiger charge is 2.25. The third kappa shape index (κ3) is 28.5. The Morgan fingerprint density at radius 2 is 0.752 bits per heavy atom. The largest absolute Gasteiger partial charge is 0.456 e. The molecule has 121 heavy (non-hydrogen) atoms. The number of carbonyl (C=O) groups excluding carboxylic acids is 5. The molecule has 23 nitrogen and oxygen atoms in total. The minimum Gasteiger partial charge on any atom is -0.456 e. The molecule has 10 aromatic heterocycles. The first-order valence-corrected chi connectivity index (χ1v) is 38.7. The smallest absolute Gasteiger partial charge is 0.272 e. The lowest BCUT2D eigenvalue weighted by Gasteiger charge is -2.10. The van der Waals surface area contributed by atoms with Crippen molar-refractivity contribution in [3.63, 3.8) is 0 Å². The van der Waals surface area contributed by atoms with Gasteiger partial charge in [-0.1, -0.05) is 54.1 Å². The van der Waals surface area contributed by atoms with E-state index in [2.05, 4.69) is 80.7 Å². The van der Waals surface area contributed by atoms with Crippen molar-refractivity contribution in [1.29, 1.82) is 0 Å². The van der Waals surface area contributed by atoms with Crippen LogP contribution in [-0.2, 0) is 38.0 Å². The Hall–Kier alpha value is -14.3. The first-order valence-electron chi connectivity index (χ1n) is 36.8. The van der Waals surface area contributed by atoms with Gasteiger partial charge in [0.2, 0.25) is 0 Å². The standard InChI is InChI=1S/C19H14F3N3O2.2C19H16N2O2.C18H14FN3O2.C16H11BrClN3O2S/c1-19(21,22)13-2-3-15(25-8-13)7-18(26)12-4-14(20)6-16(5-12)27-17-9-23-11-24-10-17;1-14-5-2-7-16(21-14)12-19(22)15-6-3-8-17(11-15)23-18-9-4-10-20-13-18;1-14-7-8-16(21-12-14)11-19(22)15-4-2-5-17(10-15)23-18-6-3-9-20-13-18;1-12-2-3-15(22-8-12)7-18(23)13-4-14(19)6-16(5-13)24-17-9-20-11-21-10-17;1-9-16(17)24-15(21-9)5-14(22)10-2-11(18)4-12(3-10)23-13-6-19-8-20-7-13/h2-6,8-11H,7H2,1H3;2-11,13H,12H2,1H3;2-10,12-13H,11H2,1H3;2-6,8-11H,7H2,1H3;2-4,6-8H,5H2,1H3. The Morgan fingerprint density at radius 1 is 0.372 bits per heavy atom. The van der Waals surface area contributed by atoms with Gasteiger partial charge in [0, 0.05) is 117 Å².